The molecular formula is C21H28N2O4. The number of benzene rings is 1. The summed E-state index contributed by atoms with van der Waals surface area (Å²) in [5.74, 6) is 0.700. The van der Waals surface area contributed by atoms with E-state index in [1.54, 1.807) is 6.07 Å². The third kappa shape index (κ3) is 4.26. The molecule has 6 nitrogen and oxygen atoms in total. The highest BCUT2D eigenvalue weighted by Gasteiger charge is 2.40. The fraction of sp³-hybridized carbons (Fsp3) is 0.619. The molecule has 1 saturated heterocycles. The molecule has 2 amide bonds. The lowest BCUT2D eigenvalue weighted by Gasteiger charge is -2.39. The van der Waals surface area contributed by atoms with Gasteiger partial charge in [0.05, 0.1) is 18.2 Å². The van der Waals surface area contributed by atoms with E-state index >= 15 is 0 Å². The van der Waals surface area contributed by atoms with E-state index in [9.17, 15) is 9.59 Å². The number of rotatable bonds is 4. The predicted molar refractivity (Wildman–Crippen MR) is 101 cm³/mol. The van der Waals surface area contributed by atoms with Crippen LogP contribution in [0.25, 0.3) is 0 Å². The van der Waals surface area contributed by atoms with Crippen molar-refractivity contribution in [1.29, 1.82) is 0 Å². The lowest BCUT2D eigenvalue weighted by molar-refractivity contribution is -0.123. The van der Waals surface area contributed by atoms with Gasteiger partial charge in [0.2, 0.25) is 5.91 Å². The number of ether oxygens (including phenoxy) is 2. The van der Waals surface area contributed by atoms with Crippen molar-refractivity contribution in [2.45, 2.75) is 69.1 Å². The van der Waals surface area contributed by atoms with Crippen LogP contribution in [0.1, 0.15) is 61.7 Å². The average molecular weight is 372 g/mol. The van der Waals surface area contributed by atoms with Gasteiger partial charge in [-0.3, -0.25) is 9.59 Å². The molecule has 1 saturated carbocycles. The van der Waals surface area contributed by atoms with Gasteiger partial charge in [-0.05, 0) is 57.1 Å². The third-order valence-electron chi connectivity index (χ3n) is 6.01. The van der Waals surface area contributed by atoms with Crippen molar-refractivity contribution in [3.8, 4) is 5.75 Å². The van der Waals surface area contributed by atoms with Crippen LogP contribution >= 0.6 is 0 Å². The second kappa shape index (κ2) is 7.89. The van der Waals surface area contributed by atoms with E-state index in [0.717, 1.165) is 51.6 Å². The van der Waals surface area contributed by atoms with Gasteiger partial charge in [-0.1, -0.05) is 12.1 Å². The van der Waals surface area contributed by atoms with E-state index < -0.39 is 0 Å². The summed E-state index contributed by atoms with van der Waals surface area (Å²) in [5.41, 5.74) is 0.222. The van der Waals surface area contributed by atoms with Crippen LogP contribution in [0.15, 0.2) is 24.3 Å². The predicted octanol–water partition coefficient (Wildman–Crippen LogP) is 2.57. The van der Waals surface area contributed by atoms with Gasteiger partial charge in [-0.25, -0.2) is 0 Å². The summed E-state index contributed by atoms with van der Waals surface area (Å²) in [7, 11) is 0. The van der Waals surface area contributed by atoms with Crippen molar-refractivity contribution in [2.24, 2.45) is 0 Å². The second-order valence-corrected chi connectivity index (χ2v) is 7.98. The van der Waals surface area contributed by atoms with Crippen molar-refractivity contribution in [3.05, 3.63) is 29.8 Å². The number of nitrogens with one attached hydrogen (secondary N) is 2. The van der Waals surface area contributed by atoms with Crippen LogP contribution in [-0.2, 0) is 9.53 Å². The number of para-hydroxylation sites is 1. The Bertz CT molecular complexity index is 691. The maximum Gasteiger partial charge on any atom is 0.255 e. The van der Waals surface area contributed by atoms with Crippen LogP contribution in [0.3, 0.4) is 0 Å². The standard InChI is InChI=1S/C21H28N2O4/c24-19(8-7-16-4-3-13-26-16)23-15-9-11-21(12-10-15)14-22-20(25)17-5-1-2-6-18(17)27-21/h1-2,5-6,15-16H,3-4,7-14H2,(H,22,25)(H,23,24). The molecule has 2 N–H and O–H groups in total. The zero-order valence-corrected chi connectivity index (χ0v) is 15.7. The molecule has 1 unspecified atom stereocenters. The number of carbonyl (C=O) groups is 2. The molecule has 1 aliphatic carbocycles. The minimum atomic E-state index is -0.374. The number of carbonyl (C=O) groups excluding carboxylic acids is 2. The maximum atomic E-state index is 12.3. The first kappa shape index (κ1) is 18.3. The second-order valence-electron chi connectivity index (χ2n) is 7.98. The first-order valence-corrected chi connectivity index (χ1v) is 10.1. The molecule has 2 fully saturated rings. The van der Waals surface area contributed by atoms with Gasteiger partial charge in [0.1, 0.15) is 11.4 Å². The Labute approximate surface area is 160 Å². The Hall–Kier alpha value is -2.08. The molecule has 3 aliphatic rings. The summed E-state index contributed by atoms with van der Waals surface area (Å²) in [6, 6.07) is 7.59. The highest BCUT2D eigenvalue weighted by atomic mass is 16.5. The van der Waals surface area contributed by atoms with E-state index in [2.05, 4.69) is 10.6 Å². The summed E-state index contributed by atoms with van der Waals surface area (Å²) < 4.78 is 11.9. The minimum absolute atomic E-state index is 0.0768. The maximum absolute atomic E-state index is 12.3. The van der Waals surface area contributed by atoms with Crippen molar-refractivity contribution >= 4 is 11.8 Å². The van der Waals surface area contributed by atoms with E-state index in [-0.39, 0.29) is 29.6 Å². The summed E-state index contributed by atoms with van der Waals surface area (Å²) in [4.78, 5) is 24.5. The van der Waals surface area contributed by atoms with Crippen molar-refractivity contribution < 1.29 is 19.1 Å². The Morgan fingerprint density at radius 3 is 2.81 bits per heavy atom. The van der Waals surface area contributed by atoms with Crippen LogP contribution in [-0.4, -0.2) is 42.7 Å². The third-order valence-corrected chi connectivity index (χ3v) is 6.01. The average Bonchev–Trinajstić information content (AvgIpc) is 3.16. The first-order chi connectivity index (χ1) is 13.1. The Morgan fingerprint density at radius 2 is 2.04 bits per heavy atom. The molecule has 6 heteroatoms. The monoisotopic (exact) mass is 372 g/mol. The van der Waals surface area contributed by atoms with Crippen molar-refractivity contribution in [3.63, 3.8) is 0 Å². The van der Waals surface area contributed by atoms with Gasteiger partial charge in [-0.15, -0.1) is 0 Å². The molecule has 1 atom stereocenters. The first-order valence-electron chi connectivity index (χ1n) is 10.1. The molecule has 0 bridgehead atoms. The van der Waals surface area contributed by atoms with Crippen molar-refractivity contribution in [1.82, 2.24) is 10.6 Å². The summed E-state index contributed by atoms with van der Waals surface area (Å²) in [5, 5.41) is 6.17. The fourth-order valence-corrected chi connectivity index (χ4v) is 4.38. The lowest BCUT2D eigenvalue weighted by Crippen LogP contribution is -2.51. The minimum Gasteiger partial charge on any atom is -0.485 e. The molecule has 4 rings (SSSR count). The molecule has 1 aromatic rings. The van der Waals surface area contributed by atoms with Crippen LogP contribution in [0.5, 0.6) is 5.75 Å². The van der Waals surface area contributed by atoms with E-state index in [4.69, 9.17) is 9.47 Å². The Morgan fingerprint density at radius 1 is 1.22 bits per heavy atom. The topological polar surface area (TPSA) is 76.7 Å². The number of hydrogen-bond donors (Lipinski definition) is 2. The molecule has 1 spiro atoms. The Balaban J connectivity index is 1.29. The molecular weight excluding hydrogens is 344 g/mol. The highest BCUT2D eigenvalue weighted by Crippen LogP contribution is 2.36. The molecule has 27 heavy (non-hydrogen) atoms. The summed E-state index contributed by atoms with van der Waals surface area (Å²) in [6.45, 7) is 1.34. The zero-order chi connectivity index (χ0) is 18.7. The molecule has 1 aromatic carbocycles. The van der Waals surface area contributed by atoms with Gasteiger partial charge < -0.3 is 20.1 Å². The SMILES string of the molecule is O=C(CCC1CCCO1)NC1CCC2(CC1)CNC(=O)c1ccccc1O2. The van der Waals surface area contributed by atoms with Gasteiger partial charge in [-0.2, -0.15) is 0 Å². The molecule has 2 aliphatic heterocycles. The smallest absolute Gasteiger partial charge is 0.255 e. The number of hydrogen-bond acceptors (Lipinski definition) is 4. The lowest BCUT2D eigenvalue weighted by atomic mass is 9.81. The molecule has 0 radical (unpaired) electrons. The van der Waals surface area contributed by atoms with E-state index in [1.165, 1.54) is 0 Å². The molecule has 146 valence electrons. The largest absolute Gasteiger partial charge is 0.485 e. The van der Waals surface area contributed by atoms with E-state index in [1.807, 2.05) is 18.2 Å². The van der Waals surface area contributed by atoms with E-state index in [0.29, 0.717) is 24.3 Å². The number of amides is 2. The van der Waals surface area contributed by atoms with Crippen molar-refractivity contribution in [2.75, 3.05) is 13.2 Å². The normalized spacial score (nSPS) is 30.1. The van der Waals surface area contributed by atoms with Gasteiger partial charge in [0.15, 0.2) is 0 Å². The van der Waals surface area contributed by atoms with Gasteiger partial charge in [0.25, 0.3) is 5.91 Å². The summed E-state index contributed by atoms with van der Waals surface area (Å²) >= 11 is 0. The van der Waals surface area contributed by atoms with Crippen LogP contribution in [0.4, 0.5) is 0 Å². The molecule has 0 aromatic heterocycles. The van der Waals surface area contributed by atoms with Gasteiger partial charge in [0, 0.05) is 19.1 Å². The fourth-order valence-electron chi connectivity index (χ4n) is 4.38. The zero-order valence-electron chi connectivity index (χ0n) is 15.7. The number of fused-ring (bicyclic) bond motifs is 1. The van der Waals surface area contributed by atoms with Crippen LogP contribution < -0.4 is 15.4 Å². The van der Waals surface area contributed by atoms with Gasteiger partial charge >= 0.3 is 0 Å². The molecule has 2 heterocycles. The van der Waals surface area contributed by atoms with Crippen LogP contribution in [0, 0.1) is 0 Å². The summed E-state index contributed by atoms with van der Waals surface area (Å²) in [6.07, 6.45) is 7.15. The highest BCUT2D eigenvalue weighted by molar-refractivity contribution is 5.97. The Kier molecular flexibility index (Phi) is 5.34. The van der Waals surface area contributed by atoms with Crippen LogP contribution in [0.2, 0.25) is 0 Å². The quantitative estimate of drug-likeness (QED) is 0.852.